The maximum absolute atomic E-state index is 8.88. The Morgan fingerprint density at radius 3 is 1.10 bits per heavy atom. The Kier molecular flexibility index (Phi) is 37.0. The SMILES string of the molecule is C1COCC[N-]1.C1COCC[N-]1.OCCN1C=CN(CCCCCCN2C=CN(CCO)[CH-]2)[CH-]1.[I][Pt+2][I].[I][Pt+2][I]. The Bertz CT molecular complexity index is 518. The van der Waals surface area contributed by atoms with Gasteiger partial charge in [-0.05, 0) is 50.7 Å². The number of aliphatic hydroxyl groups excluding tert-OH is 2. The van der Waals surface area contributed by atoms with Crippen LogP contribution in [0.25, 0.3) is 10.6 Å². The first-order valence-electron chi connectivity index (χ1n) is 13.0. The molecule has 16 heteroatoms. The van der Waals surface area contributed by atoms with Gasteiger partial charge in [0.25, 0.3) is 0 Å². The van der Waals surface area contributed by atoms with Crippen molar-refractivity contribution < 1.29 is 42.1 Å². The van der Waals surface area contributed by atoms with E-state index in [-0.39, 0.29) is 13.2 Å². The fraction of sp³-hybridized carbons (Fsp3) is 0.750. The molecule has 0 amide bonds. The summed E-state index contributed by atoms with van der Waals surface area (Å²) in [6.45, 7) is 14.8. The average Bonchev–Trinajstić information content (AvgIpc) is 3.64. The number of aliphatic hydroxyl groups is 2. The molecule has 0 atom stereocenters. The van der Waals surface area contributed by atoms with Crippen LogP contribution in [0, 0.1) is 13.3 Å². The zero-order valence-corrected chi connectivity index (χ0v) is 35.9. The molecule has 0 saturated carbocycles. The first kappa shape index (κ1) is 42.7. The molecule has 0 bridgehead atoms. The van der Waals surface area contributed by atoms with Crippen LogP contribution in [0.1, 0.15) is 25.7 Å². The molecule has 0 spiro atoms. The van der Waals surface area contributed by atoms with E-state index in [4.69, 9.17) is 19.7 Å². The van der Waals surface area contributed by atoms with Gasteiger partial charge in [-0.3, -0.25) is 0 Å². The Morgan fingerprint density at radius 1 is 0.575 bits per heavy atom. The molecule has 10 nitrogen and oxygen atoms in total. The Balaban J connectivity index is 0.000000678. The summed E-state index contributed by atoms with van der Waals surface area (Å²) in [6.07, 6.45) is 13.0. The van der Waals surface area contributed by atoms with E-state index in [1.165, 1.54) is 25.7 Å². The molecule has 4 aliphatic rings. The molecule has 2 saturated heterocycles. The zero-order chi connectivity index (χ0) is 29.5. The van der Waals surface area contributed by atoms with Crippen LogP contribution in [0.4, 0.5) is 0 Å². The van der Waals surface area contributed by atoms with E-state index in [0.717, 1.165) is 65.7 Å². The van der Waals surface area contributed by atoms with Crippen molar-refractivity contribution in [3.63, 3.8) is 0 Å². The van der Waals surface area contributed by atoms with Gasteiger partial charge in [0.15, 0.2) is 0 Å². The monoisotopic (exact) mass is 1380 g/mol. The fourth-order valence-corrected chi connectivity index (χ4v) is 3.52. The van der Waals surface area contributed by atoms with Gasteiger partial charge < -0.3 is 49.9 Å². The zero-order valence-electron chi connectivity index (χ0n) is 22.7. The second kappa shape index (κ2) is 34.6. The van der Waals surface area contributed by atoms with Crippen LogP contribution in [0.3, 0.4) is 0 Å². The molecule has 0 aliphatic carbocycles. The van der Waals surface area contributed by atoms with E-state index >= 15 is 0 Å². The third-order valence-corrected chi connectivity index (χ3v) is 5.37. The van der Waals surface area contributed by atoms with Crippen LogP contribution in [-0.4, -0.2) is 122 Å². The van der Waals surface area contributed by atoms with Gasteiger partial charge in [0, 0.05) is 39.5 Å². The van der Waals surface area contributed by atoms with Gasteiger partial charge in [-0.25, -0.2) is 0 Å². The number of rotatable bonds is 11. The molecule has 2 fully saturated rings. The van der Waals surface area contributed by atoms with Crippen LogP contribution in [0.5, 0.6) is 0 Å². The molecule has 0 unspecified atom stereocenters. The molecule has 4 aliphatic heterocycles. The molecule has 0 aromatic rings. The normalized spacial score (nSPS) is 17.9. The predicted molar refractivity (Wildman–Crippen MR) is 190 cm³/mol. The van der Waals surface area contributed by atoms with Gasteiger partial charge >= 0.3 is 99.8 Å². The summed E-state index contributed by atoms with van der Waals surface area (Å²) >= 11 is 10.6. The van der Waals surface area contributed by atoms with Gasteiger partial charge in [-0.15, -0.1) is 26.2 Å². The van der Waals surface area contributed by atoms with Crippen molar-refractivity contribution in [3.05, 3.63) is 48.8 Å². The molecular weight excluding hydrogens is 1330 g/mol. The maximum atomic E-state index is 8.88. The average molecular weight is 1380 g/mol. The number of β-amino-alcohol motifs (C(OH)–C–C–N with tert-alkyl or cyclic N) is 2. The number of hydrogen-bond acceptors (Lipinski definition) is 8. The number of nitrogens with zero attached hydrogens (tertiary/aromatic N) is 6. The molecule has 40 heavy (non-hydrogen) atoms. The molecule has 0 aromatic heterocycles. The van der Waals surface area contributed by atoms with Gasteiger partial charge in [-0.2, -0.15) is 13.3 Å². The van der Waals surface area contributed by atoms with Crippen LogP contribution in [-0.2, 0) is 31.9 Å². The number of unbranched alkanes of at least 4 members (excludes halogenated alkanes) is 3. The third kappa shape index (κ3) is 28.2. The summed E-state index contributed by atoms with van der Waals surface area (Å²) in [4.78, 5) is 8.38. The van der Waals surface area contributed by atoms with Crippen molar-refractivity contribution in [1.29, 1.82) is 0 Å². The van der Waals surface area contributed by atoms with E-state index in [9.17, 15) is 0 Å². The molecule has 2 N–H and O–H groups in total. The fourth-order valence-electron chi connectivity index (χ4n) is 3.52. The summed E-state index contributed by atoms with van der Waals surface area (Å²) in [5.41, 5.74) is 0. The van der Waals surface area contributed by atoms with Crippen molar-refractivity contribution in [1.82, 2.24) is 19.6 Å². The minimum atomic E-state index is 0.187. The number of morpholine rings is 2. The van der Waals surface area contributed by atoms with Crippen LogP contribution < -0.4 is 0 Å². The number of hydrogen-bond donors (Lipinski definition) is 2. The molecule has 4 rings (SSSR count). The van der Waals surface area contributed by atoms with E-state index in [1.54, 1.807) is 0 Å². The van der Waals surface area contributed by atoms with Crippen LogP contribution >= 0.6 is 77.4 Å². The van der Waals surface area contributed by atoms with Crippen LogP contribution in [0.2, 0.25) is 0 Å². The second-order valence-corrected chi connectivity index (χ2v) is 41.5. The minimum absolute atomic E-state index is 0.187. The van der Waals surface area contributed by atoms with Crippen molar-refractivity contribution in [2.24, 2.45) is 0 Å². The Hall–Kier alpha value is 2.74. The molecule has 4 heterocycles. The van der Waals surface area contributed by atoms with Gasteiger partial charge in [0.1, 0.15) is 0 Å². The van der Waals surface area contributed by atoms with Gasteiger partial charge in [0.2, 0.25) is 0 Å². The first-order valence-corrected chi connectivity index (χ1v) is 38.8. The van der Waals surface area contributed by atoms with Gasteiger partial charge in [0.05, 0.1) is 13.2 Å². The quantitative estimate of drug-likeness (QED) is 0.164. The van der Waals surface area contributed by atoms with E-state index in [1.807, 2.05) is 22.2 Å². The number of halogens is 4. The summed E-state index contributed by atoms with van der Waals surface area (Å²) in [6, 6.07) is 0. The van der Waals surface area contributed by atoms with E-state index in [2.05, 4.69) is 124 Å². The molecule has 0 radical (unpaired) electrons. The van der Waals surface area contributed by atoms with E-state index < -0.39 is 0 Å². The van der Waals surface area contributed by atoms with Crippen molar-refractivity contribution in [2.75, 3.05) is 92.0 Å². The van der Waals surface area contributed by atoms with Crippen molar-refractivity contribution >= 4 is 77.4 Å². The molecule has 242 valence electrons. The summed E-state index contributed by atoms with van der Waals surface area (Å²) in [5.74, 6) is 0. The summed E-state index contributed by atoms with van der Waals surface area (Å²) in [7, 11) is 0. The topological polar surface area (TPSA) is 100 Å². The van der Waals surface area contributed by atoms with Crippen LogP contribution in [0.15, 0.2) is 24.8 Å². The first-order chi connectivity index (χ1) is 19.6. The standard InChI is InChI=1S/C16H28N4O2.2C4H8NO.4HI.2Pt/c21-13-11-19-9-7-17(15-19)5-3-1-2-4-6-18-8-10-20(16-18)12-14-22;2*1-3-6-4-2-5-1;;;;;;/h7-10,15-16,21-22H,1-6,11-14H2;2*1-4H2;4*1H;;/q-2;2*-1;;;;;2*+4/p-4. The number of ether oxygens (including phenoxy) is 2. The third-order valence-electron chi connectivity index (χ3n) is 5.37. The summed E-state index contributed by atoms with van der Waals surface area (Å²) in [5, 5.41) is 25.9. The summed E-state index contributed by atoms with van der Waals surface area (Å²) < 4.78 is 9.95. The Labute approximate surface area is 301 Å². The molecule has 0 aromatic carbocycles. The van der Waals surface area contributed by atoms with Crippen molar-refractivity contribution in [2.45, 2.75) is 25.7 Å². The van der Waals surface area contributed by atoms with E-state index in [0.29, 0.717) is 35.5 Å². The predicted octanol–water partition coefficient (Wildman–Crippen LogP) is 5.27. The second-order valence-electron chi connectivity index (χ2n) is 8.30. The van der Waals surface area contributed by atoms with Crippen molar-refractivity contribution in [3.8, 4) is 0 Å². The van der Waals surface area contributed by atoms with Gasteiger partial charge in [-0.1, -0.05) is 12.8 Å². The molecular formula is C24H44I4N6O4Pt2. The Morgan fingerprint density at radius 2 is 0.875 bits per heavy atom.